The Kier molecular flexibility index (Phi) is 4.42. The fourth-order valence-corrected chi connectivity index (χ4v) is 3.61. The Hall–Kier alpha value is -2.57. The summed E-state index contributed by atoms with van der Waals surface area (Å²) in [7, 11) is 0. The average molecular weight is 331 g/mol. The molecule has 24 heavy (non-hydrogen) atoms. The second-order valence-corrected chi connectivity index (χ2v) is 6.19. The molecule has 3 rings (SSSR count). The predicted molar refractivity (Wildman–Crippen MR) is 86.4 cm³/mol. The van der Waals surface area contributed by atoms with Crippen LogP contribution in [0.3, 0.4) is 0 Å². The highest BCUT2D eigenvalue weighted by Gasteiger charge is 2.50. The van der Waals surface area contributed by atoms with Crippen LogP contribution in [0.25, 0.3) is 0 Å². The second-order valence-electron chi connectivity index (χ2n) is 6.19. The van der Waals surface area contributed by atoms with Gasteiger partial charge in [0, 0.05) is 13.1 Å². The summed E-state index contributed by atoms with van der Waals surface area (Å²) in [5.41, 5.74) is 4.80. The Labute approximate surface area is 140 Å². The highest BCUT2D eigenvalue weighted by Crippen LogP contribution is 2.35. The number of amides is 3. The molecule has 7 nitrogen and oxygen atoms in total. The minimum absolute atomic E-state index is 0.0721. The lowest BCUT2D eigenvalue weighted by molar-refractivity contribution is -0.148. The number of likely N-dealkylation sites (tertiary alicyclic amines) is 1. The van der Waals surface area contributed by atoms with Crippen molar-refractivity contribution in [1.82, 2.24) is 10.2 Å². The summed E-state index contributed by atoms with van der Waals surface area (Å²) < 4.78 is 5.52. The lowest BCUT2D eigenvalue weighted by Crippen LogP contribution is -2.60. The van der Waals surface area contributed by atoms with Gasteiger partial charge in [0.25, 0.3) is 11.8 Å². The first-order valence-electron chi connectivity index (χ1n) is 8.15. The van der Waals surface area contributed by atoms with Crippen molar-refractivity contribution in [2.45, 2.75) is 31.2 Å². The van der Waals surface area contributed by atoms with E-state index in [0.29, 0.717) is 25.9 Å². The molecule has 1 spiro atoms. The number of para-hydroxylation sites is 1. The smallest absolute Gasteiger partial charge is 0.261 e. The largest absolute Gasteiger partial charge is 0.483 e. The van der Waals surface area contributed by atoms with Gasteiger partial charge in [-0.2, -0.15) is 0 Å². The molecule has 2 aliphatic rings. The van der Waals surface area contributed by atoms with Crippen molar-refractivity contribution in [1.29, 1.82) is 0 Å². The Morgan fingerprint density at radius 1 is 1.25 bits per heavy atom. The van der Waals surface area contributed by atoms with Gasteiger partial charge < -0.3 is 20.7 Å². The van der Waals surface area contributed by atoms with Gasteiger partial charge in [-0.3, -0.25) is 14.4 Å². The quantitative estimate of drug-likeness (QED) is 0.835. The third-order valence-corrected chi connectivity index (χ3v) is 4.77. The van der Waals surface area contributed by atoms with Gasteiger partial charge in [-0.15, -0.1) is 0 Å². The van der Waals surface area contributed by atoms with Gasteiger partial charge in [-0.25, -0.2) is 0 Å². The molecule has 0 radical (unpaired) electrons. The molecule has 128 valence electrons. The van der Waals surface area contributed by atoms with Crippen molar-refractivity contribution in [3.8, 4) is 5.75 Å². The molecule has 1 unspecified atom stereocenters. The molecule has 2 fully saturated rings. The van der Waals surface area contributed by atoms with E-state index in [4.69, 9.17) is 10.5 Å². The third kappa shape index (κ3) is 2.81. The van der Waals surface area contributed by atoms with Crippen molar-refractivity contribution >= 4 is 17.7 Å². The van der Waals surface area contributed by atoms with Crippen LogP contribution < -0.4 is 15.8 Å². The zero-order valence-corrected chi connectivity index (χ0v) is 13.4. The average Bonchev–Trinajstić information content (AvgIpc) is 3.00. The van der Waals surface area contributed by atoms with E-state index in [1.807, 2.05) is 0 Å². The van der Waals surface area contributed by atoms with Crippen LogP contribution in [0.5, 0.6) is 5.75 Å². The van der Waals surface area contributed by atoms with E-state index in [0.717, 1.165) is 12.8 Å². The van der Waals surface area contributed by atoms with Crippen molar-refractivity contribution in [2.75, 3.05) is 19.7 Å². The van der Waals surface area contributed by atoms with Gasteiger partial charge in [0.05, 0.1) is 5.56 Å². The van der Waals surface area contributed by atoms with Gasteiger partial charge in [-0.1, -0.05) is 12.1 Å². The molecule has 1 aromatic carbocycles. The molecular formula is C17H21N3O4. The van der Waals surface area contributed by atoms with Crippen molar-refractivity contribution in [3.63, 3.8) is 0 Å². The minimum Gasteiger partial charge on any atom is -0.483 e. The van der Waals surface area contributed by atoms with E-state index in [1.54, 1.807) is 29.2 Å². The number of carbonyl (C=O) groups excluding carboxylic acids is 3. The first kappa shape index (κ1) is 16.3. The summed E-state index contributed by atoms with van der Waals surface area (Å²) in [5.74, 6) is -0.650. The van der Waals surface area contributed by atoms with E-state index >= 15 is 0 Å². The Bertz CT molecular complexity index is 676. The molecule has 3 N–H and O–H groups in total. The maximum absolute atomic E-state index is 12.6. The Balaban J connectivity index is 1.71. The van der Waals surface area contributed by atoms with Crippen LogP contribution in [0.1, 0.15) is 36.0 Å². The molecule has 7 heteroatoms. The topological polar surface area (TPSA) is 102 Å². The fourth-order valence-electron chi connectivity index (χ4n) is 3.61. The van der Waals surface area contributed by atoms with Crippen LogP contribution >= 0.6 is 0 Å². The third-order valence-electron chi connectivity index (χ3n) is 4.77. The molecular weight excluding hydrogens is 310 g/mol. The zero-order chi connectivity index (χ0) is 17.2. The number of nitrogens with two attached hydrogens (primary N) is 1. The number of nitrogens with zero attached hydrogens (tertiary/aromatic N) is 1. The number of carbonyl (C=O) groups is 3. The van der Waals surface area contributed by atoms with Gasteiger partial charge in [0.2, 0.25) is 5.91 Å². The lowest BCUT2D eigenvalue weighted by atomic mass is 9.86. The summed E-state index contributed by atoms with van der Waals surface area (Å²) in [6.07, 6.45) is 3.03. The highest BCUT2D eigenvalue weighted by molar-refractivity contribution is 5.96. The van der Waals surface area contributed by atoms with Crippen molar-refractivity contribution < 1.29 is 19.1 Å². The summed E-state index contributed by atoms with van der Waals surface area (Å²) in [5, 5.41) is 2.86. The van der Waals surface area contributed by atoms with Crippen molar-refractivity contribution in [3.05, 3.63) is 29.8 Å². The van der Waals surface area contributed by atoms with Gasteiger partial charge in [-0.05, 0) is 37.8 Å². The van der Waals surface area contributed by atoms with E-state index in [-0.39, 0.29) is 29.7 Å². The monoisotopic (exact) mass is 331 g/mol. The number of primary amides is 1. The molecule has 3 amide bonds. The van der Waals surface area contributed by atoms with E-state index < -0.39 is 11.4 Å². The summed E-state index contributed by atoms with van der Waals surface area (Å²) in [6.45, 7) is 0.984. The number of hydrogen-bond acceptors (Lipinski definition) is 4. The summed E-state index contributed by atoms with van der Waals surface area (Å²) >= 11 is 0. The van der Waals surface area contributed by atoms with E-state index in [2.05, 4.69) is 5.32 Å². The highest BCUT2D eigenvalue weighted by atomic mass is 16.5. The maximum atomic E-state index is 12.6. The molecule has 2 saturated heterocycles. The normalized spacial score (nSPS) is 23.2. The van der Waals surface area contributed by atoms with Crippen molar-refractivity contribution in [2.24, 2.45) is 5.73 Å². The van der Waals surface area contributed by atoms with Crippen LogP contribution in [0.15, 0.2) is 24.3 Å². The molecule has 2 heterocycles. The number of piperidine rings is 1. The number of hydrogen-bond donors (Lipinski definition) is 2. The SMILES string of the molecule is NC(=O)c1ccccc1OCC(=O)N1CCCC12CCCNC2=O. The Morgan fingerprint density at radius 2 is 2.00 bits per heavy atom. The standard InChI is InChI=1S/C17H21N3O4/c18-15(22)12-5-1-2-6-13(12)24-11-14(21)20-10-4-8-17(20)7-3-9-19-16(17)23/h1-2,5-6H,3-4,7-11H2,(H2,18,22)(H,19,23). The van der Waals surface area contributed by atoms with E-state index in [1.165, 1.54) is 0 Å². The fraction of sp³-hybridized carbons (Fsp3) is 0.471. The number of benzene rings is 1. The molecule has 0 bridgehead atoms. The van der Waals surface area contributed by atoms with Crippen LogP contribution in [0.4, 0.5) is 0 Å². The Morgan fingerprint density at radius 3 is 2.75 bits per heavy atom. The molecule has 1 atom stereocenters. The molecule has 2 aliphatic heterocycles. The van der Waals surface area contributed by atoms with Gasteiger partial charge >= 0.3 is 0 Å². The number of nitrogens with one attached hydrogen (secondary N) is 1. The molecule has 0 saturated carbocycles. The first-order valence-corrected chi connectivity index (χ1v) is 8.15. The van der Waals surface area contributed by atoms with Gasteiger partial charge in [0.15, 0.2) is 6.61 Å². The second kappa shape index (κ2) is 6.51. The van der Waals surface area contributed by atoms with Crippen LogP contribution in [0, 0.1) is 0 Å². The summed E-state index contributed by atoms with van der Waals surface area (Å²) in [4.78, 5) is 38.0. The molecule has 1 aromatic rings. The predicted octanol–water partition coefficient (Wildman–Crippen LogP) is 0.435. The molecule has 0 aromatic heterocycles. The van der Waals surface area contributed by atoms with Crippen LogP contribution in [-0.2, 0) is 9.59 Å². The lowest BCUT2D eigenvalue weighted by Gasteiger charge is -2.40. The minimum atomic E-state index is -0.734. The van der Waals surface area contributed by atoms with Crippen LogP contribution in [-0.4, -0.2) is 47.9 Å². The van der Waals surface area contributed by atoms with Gasteiger partial charge in [0.1, 0.15) is 11.3 Å². The maximum Gasteiger partial charge on any atom is 0.261 e. The first-order chi connectivity index (χ1) is 11.5. The number of rotatable bonds is 4. The summed E-state index contributed by atoms with van der Waals surface area (Å²) in [6, 6.07) is 6.53. The van der Waals surface area contributed by atoms with Crippen LogP contribution in [0.2, 0.25) is 0 Å². The molecule has 0 aliphatic carbocycles. The number of ether oxygens (including phenoxy) is 1. The van der Waals surface area contributed by atoms with E-state index in [9.17, 15) is 14.4 Å². The zero-order valence-electron chi connectivity index (χ0n) is 13.4.